The van der Waals surface area contributed by atoms with E-state index in [-0.39, 0.29) is 17.3 Å². The van der Waals surface area contributed by atoms with E-state index in [1.54, 1.807) is 54.6 Å². The molecule has 1 amide bonds. The van der Waals surface area contributed by atoms with Gasteiger partial charge in [0.05, 0.1) is 30.3 Å². The number of amides is 1. The first kappa shape index (κ1) is 21.6. The second-order valence-electron chi connectivity index (χ2n) is 7.52. The van der Waals surface area contributed by atoms with Gasteiger partial charge in [0, 0.05) is 19.6 Å². The van der Waals surface area contributed by atoms with Crippen molar-refractivity contribution in [1.29, 1.82) is 0 Å². The molecule has 1 saturated heterocycles. The summed E-state index contributed by atoms with van der Waals surface area (Å²) in [6.45, 7) is 4.60. The number of rotatable bonds is 7. The quantitative estimate of drug-likeness (QED) is 0.650. The van der Waals surface area contributed by atoms with Crippen LogP contribution in [0.15, 0.2) is 59.5 Å². The fraction of sp³-hybridized carbons (Fsp3) is 0.409. The third-order valence-electron chi connectivity index (χ3n) is 5.41. The first-order valence-electron chi connectivity index (χ1n) is 10.5. The minimum absolute atomic E-state index is 0.0798. The van der Waals surface area contributed by atoms with E-state index in [1.165, 1.54) is 4.31 Å². The van der Waals surface area contributed by atoms with Gasteiger partial charge in [-0.1, -0.05) is 30.3 Å². The zero-order chi connectivity index (χ0) is 21.7. The van der Waals surface area contributed by atoms with Gasteiger partial charge in [0.1, 0.15) is 5.75 Å². The van der Waals surface area contributed by atoms with Gasteiger partial charge in [-0.3, -0.25) is 14.0 Å². The maximum Gasteiger partial charge on any atom is 0.264 e. The molecule has 0 aromatic heterocycles. The maximum absolute atomic E-state index is 13.3. The molecule has 1 fully saturated rings. The van der Waals surface area contributed by atoms with Gasteiger partial charge in [0.25, 0.3) is 15.9 Å². The lowest BCUT2D eigenvalue weighted by atomic mass is 10.2. The molecule has 9 heteroatoms. The molecule has 1 unspecified atom stereocenters. The van der Waals surface area contributed by atoms with Crippen LogP contribution in [0.2, 0.25) is 0 Å². The lowest BCUT2D eigenvalue weighted by Gasteiger charge is -2.34. The fourth-order valence-corrected chi connectivity index (χ4v) is 5.24. The van der Waals surface area contributed by atoms with E-state index in [0.717, 1.165) is 39.3 Å². The summed E-state index contributed by atoms with van der Waals surface area (Å²) in [5.41, 5.74) is 0.433. The summed E-state index contributed by atoms with van der Waals surface area (Å²) in [5.74, 6) is 0.0615. The molecule has 1 N–H and O–H groups in total. The number of fused-ring (bicyclic) bond motifs is 1. The SMILES string of the molecule is O=C(NCCCN1CCOCC1)C1CN(S(=O)(=O)c2ccccc2)c2ccccc2O1. The zero-order valence-electron chi connectivity index (χ0n) is 17.3. The van der Waals surface area contributed by atoms with Crippen molar-refractivity contribution in [3.8, 4) is 5.75 Å². The number of benzene rings is 2. The molecule has 2 aromatic carbocycles. The molecular weight excluding hydrogens is 418 g/mol. The first-order chi connectivity index (χ1) is 15.1. The lowest BCUT2D eigenvalue weighted by Crippen LogP contribution is -2.51. The van der Waals surface area contributed by atoms with Crippen molar-refractivity contribution in [2.45, 2.75) is 17.4 Å². The van der Waals surface area contributed by atoms with Crippen LogP contribution in [-0.2, 0) is 19.6 Å². The minimum atomic E-state index is -3.83. The average Bonchev–Trinajstić information content (AvgIpc) is 2.82. The van der Waals surface area contributed by atoms with Gasteiger partial charge in [0.15, 0.2) is 6.10 Å². The van der Waals surface area contributed by atoms with Crippen molar-refractivity contribution >= 4 is 21.6 Å². The van der Waals surface area contributed by atoms with E-state index >= 15 is 0 Å². The Balaban J connectivity index is 1.43. The van der Waals surface area contributed by atoms with E-state index in [0.29, 0.717) is 18.0 Å². The molecule has 2 heterocycles. The van der Waals surface area contributed by atoms with Crippen LogP contribution in [0.4, 0.5) is 5.69 Å². The third-order valence-corrected chi connectivity index (χ3v) is 7.21. The first-order valence-corrected chi connectivity index (χ1v) is 11.9. The van der Waals surface area contributed by atoms with Crippen LogP contribution in [0.25, 0.3) is 0 Å². The predicted molar refractivity (Wildman–Crippen MR) is 117 cm³/mol. The van der Waals surface area contributed by atoms with Crippen molar-refractivity contribution in [2.75, 3.05) is 50.2 Å². The predicted octanol–water partition coefficient (Wildman–Crippen LogP) is 1.48. The van der Waals surface area contributed by atoms with E-state index in [1.807, 2.05) is 0 Å². The summed E-state index contributed by atoms with van der Waals surface area (Å²) in [7, 11) is -3.83. The van der Waals surface area contributed by atoms with E-state index in [4.69, 9.17) is 9.47 Å². The number of para-hydroxylation sites is 2. The summed E-state index contributed by atoms with van der Waals surface area (Å²) < 4.78 is 39.0. The molecular formula is C22H27N3O5S. The van der Waals surface area contributed by atoms with E-state index in [9.17, 15) is 13.2 Å². The number of morpholine rings is 1. The van der Waals surface area contributed by atoms with Gasteiger partial charge < -0.3 is 14.8 Å². The smallest absolute Gasteiger partial charge is 0.264 e. The van der Waals surface area contributed by atoms with E-state index < -0.39 is 16.1 Å². The molecule has 0 spiro atoms. The molecule has 2 aromatic rings. The van der Waals surface area contributed by atoms with Crippen molar-refractivity contribution < 1.29 is 22.7 Å². The average molecular weight is 446 g/mol. The number of hydrogen-bond acceptors (Lipinski definition) is 6. The van der Waals surface area contributed by atoms with Crippen LogP contribution >= 0.6 is 0 Å². The fourth-order valence-electron chi connectivity index (χ4n) is 3.74. The molecule has 8 nitrogen and oxygen atoms in total. The monoisotopic (exact) mass is 445 g/mol. The van der Waals surface area contributed by atoms with E-state index in [2.05, 4.69) is 10.2 Å². The van der Waals surface area contributed by atoms with Crippen molar-refractivity contribution in [3.63, 3.8) is 0 Å². The second-order valence-corrected chi connectivity index (χ2v) is 9.38. The Bertz CT molecular complexity index is 993. The van der Waals surface area contributed by atoms with Crippen LogP contribution in [-0.4, -0.2) is 71.3 Å². The largest absolute Gasteiger partial charge is 0.476 e. The molecule has 2 aliphatic heterocycles. The second kappa shape index (κ2) is 9.67. The number of anilines is 1. The van der Waals surface area contributed by atoms with Crippen LogP contribution in [0.1, 0.15) is 6.42 Å². The number of sulfonamides is 1. The molecule has 4 rings (SSSR count). The minimum Gasteiger partial charge on any atom is -0.476 e. The highest BCUT2D eigenvalue weighted by Gasteiger charge is 2.37. The number of carbonyl (C=O) groups is 1. The highest BCUT2D eigenvalue weighted by atomic mass is 32.2. The van der Waals surface area contributed by atoms with Crippen LogP contribution < -0.4 is 14.4 Å². The van der Waals surface area contributed by atoms with Gasteiger partial charge in [-0.05, 0) is 37.2 Å². The summed E-state index contributed by atoms with van der Waals surface area (Å²) in [6.07, 6.45) is -0.113. The van der Waals surface area contributed by atoms with Crippen molar-refractivity contribution in [2.24, 2.45) is 0 Å². The molecule has 0 aliphatic carbocycles. The molecule has 0 bridgehead atoms. The third kappa shape index (κ3) is 5.00. The number of hydrogen-bond donors (Lipinski definition) is 1. The molecule has 1 atom stereocenters. The Morgan fingerprint density at radius 3 is 2.52 bits per heavy atom. The molecule has 2 aliphatic rings. The van der Waals surface area contributed by atoms with Crippen LogP contribution in [0, 0.1) is 0 Å². The molecule has 166 valence electrons. The van der Waals surface area contributed by atoms with Gasteiger partial charge in [-0.15, -0.1) is 0 Å². The summed E-state index contributed by atoms with van der Waals surface area (Å²) in [6, 6.07) is 15.1. The lowest BCUT2D eigenvalue weighted by molar-refractivity contribution is -0.127. The van der Waals surface area contributed by atoms with Gasteiger partial charge in [-0.2, -0.15) is 0 Å². The Labute approximate surface area is 182 Å². The number of nitrogens with zero attached hydrogens (tertiary/aromatic N) is 2. The summed E-state index contributed by atoms with van der Waals surface area (Å²) in [5, 5.41) is 2.89. The van der Waals surface area contributed by atoms with Crippen molar-refractivity contribution in [1.82, 2.24) is 10.2 Å². The molecule has 31 heavy (non-hydrogen) atoms. The standard InChI is InChI=1S/C22H27N3O5S/c26-22(23-11-6-12-24-13-15-29-16-14-24)21-17-25(19-9-4-5-10-20(19)30-21)31(27,28)18-7-2-1-3-8-18/h1-5,7-10,21H,6,11-17H2,(H,23,26). The molecule has 0 saturated carbocycles. The Kier molecular flexibility index (Phi) is 6.74. The topological polar surface area (TPSA) is 88.2 Å². The Hall–Kier alpha value is -2.62. The van der Waals surface area contributed by atoms with Crippen molar-refractivity contribution in [3.05, 3.63) is 54.6 Å². The zero-order valence-corrected chi connectivity index (χ0v) is 18.1. The highest BCUT2D eigenvalue weighted by Crippen LogP contribution is 2.36. The molecule has 0 radical (unpaired) electrons. The van der Waals surface area contributed by atoms with Crippen LogP contribution in [0.5, 0.6) is 5.75 Å². The maximum atomic E-state index is 13.3. The van der Waals surface area contributed by atoms with Gasteiger partial charge in [-0.25, -0.2) is 8.42 Å². The number of nitrogens with one attached hydrogen (secondary N) is 1. The van der Waals surface area contributed by atoms with Gasteiger partial charge in [0.2, 0.25) is 0 Å². The summed E-state index contributed by atoms with van der Waals surface area (Å²) in [4.78, 5) is 15.3. The van der Waals surface area contributed by atoms with Gasteiger partial charge >= 0.3 is 0 Å². The summed E-state index contributed by atoms with van der Waals surface area (Å²) >= 11 is 0. The Morgan fingerprint density at radius 2 is 1.74 bits per heavy atom. The number of carbonyl (C=O) groups excluding carboxylic acids is 1. The normalized spacial score (nSPS) is 19.4. The Morgan fingerprint density at radius 1 is 1.03 bits per heavy atom. The van der Waals surface area contributed by atoms with Crippen LogP contribution in [0.3, 0.4) is 0 Å². The highest BCUT2D eigenvalue weighted by molar-refractivity contribution is 7.92. The number of ether oxygens (including phenoxy) is 2.